The minimum atomic E-state index is -2.31. The van der Waals surface area contributed by atoms with E-state index in [4.69, 9.17) is 4.74 Å². The zero-order valence-electron chi connectivity index (χ0n) is 14.9. The molecular weight excluding hydrogens is 358 g/mol. The largest absolute Gasteiger partial charge is 0.385 e. The molecule has 144 valence electrons. The summed E-state index contributed by atoms with van der Waals surface area (Å²) in [6.07, 6.45) is 3.40. The maximum absolute atomic E-state index is 10.8. The van der Waals surface area contributed by atoms with E-state index < -0.39 is 16.5 Å². The second-order valence-electron chi connectivity index (χ2n) is 5.74. The van der Waals surface area contributed by atoms with Crippen molar-refractivity contribution in [1.82, 2.24) is 10.6 Å². The van der Waals surface area contributed by atoms with Crippen LogP contribution < -0.4 is 10.6 Å². The third-order valence-electron chi connectivity index (χ3n) is 4.07. The zero-order chi connectivity index (χ0) is 19.4. The Balaban J connectivity index is 0.000000412. The van der Waals surface area contributed by atoms with E-state index in [0.29, 0.717) is 12.3 Å². The molecule has 1 aromatic rings. The van der Waals surface area contributed by atoms with Gasteiger partial charge in [0.05, 0.1) is 6.04 Å². The van der Waals surface area contributed by atoms with Crippen LogP contribution in [0.25, 0.3) is 0 Å². The molecule has 0 spiro atoms. The van der Waals surface area contributed by atoms with Crippen molar-refractivity contribution < 1.29 is 22.7 Å². The van der Waals surface area contributed by atoms with Gasteiger partial charge in [0.1, 0.15) is 0 Å². The molecule has 3 unspecified atom stereocenters. The van der Waals surface area contributed by atoms with Crippen LogP contribution in [0.2, 0.25) is 0 Å². The van der Waals surface area contributed by atoms with Gasteiger partial charge in [0.25, 0.3) is 0 Å². The minimum absolute atomic E-state index is 0.0664. The second-order valence-corrected chi connectivity index (χ2v) is 6.39. The molecule has 1 saturated carbocycles. The molecule has 1 aliphatic rings. The summed E-state index contributed by atoms with van der Waals surface area (Å²) in [5.41, 5.74) is 1.19. The average Bonchev–Trinajstić information content (AvgIpc) is 3.31. The number of carbonyl (C=O) groups is 2. The number of rotatable bonds is 8. The lowest BCUT2D eigenvalue weighted by molar-refractivity contribution is -0.108. The van der Waals surface area contributed by atoms with E-state index >= 15 is 0 Å². The topological polar surface area (TPSA) is 114 Å². The van der Waals surface area contributed by atoms with Crippen molar-refractivity contribution in [3.05, 3.63) is 35.9 Å². The van der Waals surface area contributed by atoms with E-state index in [2.05, 4.69) is 21.8 Å². The summed E-state index contributed by atoms with van der Waals surface area (Å²) in [4.78, 5) is 19.4. The molecule has 9 heteroatoms. The van der Waals surface area contributed by atoms with E-state index in [0.717, 1.165) is 25.9 Å². The normalized spacial score (nSPS) is 20.2. The van der Waals surface area contributed by atoms with Crippen LogP contribution in [0.3, 0.4) is 0 Å². The predicted octanol–water partition coefficient (Wildman–Crippen LogP) is 1.72. The summed E-state index contributed by atoms with van der Waals surface area (Å²) < 4.78 is 30.4. The SMILES string of the molecule is CNC(=O)NC=O.COCCCCC1C(N=S(=O)=O)C1c1ccccc1. The Morgan fingerprint density at radius 3 is 2.46 bits per heavy atom. The number of carbonyl (C=O) groups excluding carboxylic acids is 2. The fraction of sp³-hybridized carbons (Fsp3) is 0.529. The van der Waals surface area contributed by atoms with Crippen molar-refractivity contribution in [2.75, 3.05) is 20.8 Å². The van der Waals surface area contributed by atoms with Gasteiger partial charge in [-0.25, -0.2) is 4.79 Å². The van der Waals surface area contributed by atoms with E-state index in [1.54, 1.807) is 7.11 Å². The highest BCUT2D eigenvalue weighted by atomic mass is 32.2. The zero-order valence-corrected chi connectivity index (χ0v) is 15.7. The van der Waals surface area contributed by atoms with E-state index in [1.165, 1.54) is 12.6 Å². The van der Waals surface area contributed by atoms with Crippen molar-refractivity contribution >= 4 is 22.9 Å². The molecule has 1 aliphatic carbocycles. The van der Waals surface area contributed by atoms with Crippen molar-refractivity contribution in [3.63, 3.8) is 0 Å². The lowest BCUT2D eigenvalue weighted by Crippen LogP contribution is -2.31. The standard InChI is InChI=1S/C14H19NO3S.C3H6N2O2/c1-18-10-6-5-9-12-13(14(12)15-19(16)17)11-7-3-2-4-8-11;1-4-3(7)5-2-6/h2-4,7-8,12-14H,5-6,9-10H2,1H3;2H,1H3,(H2,4,5,6,7). The van der Waals surface area contributed by atoms with Crippen LogP contribution in [-0.2, 0) is 20.0 Å². The van der Waals surface area contributed by atoms with Gasteiger partial charge in [-0.05, 0) is 24.3 Å². The first kappa shape index (κ1) is 21.8. The molecule has 0 aromatic heterocycles. The van der Waals surface area contributed by atoms with Gasteiger partial charge < -0.3 is 10.1 Å². The molecule has 0 aliphatic heterocycles. The first-order chi connectivity index (χ1) is 12.5. The molecule has 8 nitrogen and oxygen atoms in total. The Morgan fingerprint density at radius 1 is 1.27 bits per heavy atom. The summed E-state index contributed by atoms with van der Waals surface area (Å²) >= 11 is 0. The van der Waals surface area contributed by atoms with Crippen LogP contribution in [0, 0.1) is 5.92 Å². The van der Waals surface area contributed by atoms with Crippen molar-refractivity contribution in [2.45, 2.75) is 31.2 Å². The monoisotopic (exact) mass is 383 g/mol. The molecule has 0 saturated heterocycles. The molecule has 0 heterocycles. The summed E-state index contributed by atoms with van der Waals surface area (Å²) in [6, 6.07) is 9.49. The highest BCUT2D eigenvalue weighted by Crippen LogP contribution is 2.52. The highest BCUT2D eigenvalue weighted by Gasteiger charge is 2.51. The van der Waals surface area contributed by atoms with E-state index in [9.17, 15) is 18.0 Å². The molecule has 3 atom stereocenters. The molecule has 0 bridgehead atoms. The van der Waals surface area contributed by atoms with Gasteiger partial charge in [-0.1, -0.05) is 36.8 Å². The second kappa shape index (κ2) is 12.2. The number of methoxy groups -OCH3 is 1. The molecule has 1 fully saturated rings. The Kier molecular flexibility index (Phi) is 10.2. The van der Waals surface area contributed by atoms with E-state index in [-0.39, 0.29) is 12.0 Å². The maximum Gasteiger partial charge on any atom is 0.320 e. The fourth-order valence-electron chi connectivity index (χ4n) is 2.82. The van der Waals surface area contributed by atoms with Gasteiger partial charge in [0, 0.05) is 26.7 Å². The number of ether oxygens (including phenoxy) is 1. The Bertz CT molecular complexity index is 686. The number of urea groups is 1. The minimum Gasteiger partial charge on any atom is -0.385 e. The Hall–Kier alpha value is -2.26. The average molecular weight is 383 g/mol. The van der Waals surface area contributed by atoms with Crippen LogP contribution in [0.1, 0.15) is 30.7 Å². The summed E-state index contributed by atoms with van der Waals surface area (Å²) in [7, 11) is 0.819. The van der Waals surface area contributed by atoms with E-state index in [1.807, 2.05) is 23.5 Å². The number of imide groups is 1. The molecule has 2 N–H and O–H groups in total. The summed E-state index contributed by atoms with van der Waals surface area (Å²) in [5.74, 6) is 0.624. The Morgan fingerprint density at radius 2 is 1.96 bits per heavy atom. The highest BCUT2D eigenvalue weighted by molar-refractivity contribution is 7.61. The van der Waals surface area contributed by atoms with Gasteiger partial charge in [0.2, 0.25) is 6.41 Å². The van der Waals surface area contributed by atoms with Crippen LogP contribution in [0.5, 0.6) is 0 Å². The molecule has 1 aromatic carbocycles. The maximum atomic E-state index is 10.8. The van der Waals surface area contributed by atoms with Gasteiger partial charge in [0.15, 0.2) is 0 Å². The number of hydrogen-bond acceptors (Lipinski definition) is 6. The van der Waals surface area contributed by atoms with Gasteiger partial charge in [-0.15, -0.1) is 0 Å². The smallest absolute Gasteiger partial charge is 0.320 e. The van der Waals surface area contributed by atoms with Gasteiger partial charge in [-0.2, -0.15) is 12.8 Å². The van der Waals surface area contributed by atoms with Crippen molar-refractivity contribution in [2.24, 2.45) is 10.3 Å². The van der Waals surface area contributed by atoms with Crippen LogP contribution in [0.4, 0.5) is 4.79 Å². The number of nitrogens with one attached hydrogen (secondary N) is 2. The summed E-state index contributed by atoms with van der Waals surface area (Å²) in [6.45, 7) is 0.762. The van der Waals surface area contributed by atoms with Crippen molar-refractivity contribution in [1.29, 1.82) is 0 Å². The quantitative estimate of drug-likeness (QED) is 0.524. The summed E-state index contributed by atoms with van der Waals surface area (Å²) in [5, 5.41) is 4.05. The third-order valence-corrected chi connectivity index (χ3v) is 4.49. The van der Waals surface area contributed by atoms with Crippen LogP contribution in [0.15, 0.2) is 34.7 Å². The number of benzene rings is 1. The molecule has 26 heavy (non-hydrogen) atoms. The first-order valence-electron chi connectivity index (χ1n) is 8.31. The van der Waals surface area contributed by atoms with Gasteiger partial charge >= 0.3 is 16.5 Å². The Labute approximate surface area is 155 Å². The fourth-order valence-corrected chi connectivity index (χ4v) is 3.31. The molecule has 3 amide bonds. The van der Waals surface area contributed by atoms with Crippen LogP contribution >= 0.6 is 0 Å². The third kappa shape index (κ3) is 7.75. The lowest BCUT2D eigenvalue weighted by atomic mass is 10.1. The number of amides is 3. The first-order valence-corrected chi connectivity index (χ1v) is 9.34. The number of hydrogen-bond donors (Lipinski definition) is 2. The number of unbranched alkanes of at least 4 members (excludes halogenated alkanes) is 1. The predicted molar refractivity (Wildman–Crippen MR) is 97.2 cm³/mol. The molecular formula is C17H25N3O5S. The van der Waals surface area contributed by atoms with Gasteiger partial charge in [-0.3, -0.25) is 10.1 Å². The molecule has 0 radical (unpaired) electrons. The number of nitrogens with zero attached hydrogens (tertiary/aromatic N) is 1. The lowest BCUT2D eigenvalue weighted by Gasteiger charge is -2.00. The van der Waals surface area contributed by atoms with Crippen molar-refractivity contribution in [3.8, 4) is 0 Å². The van der Waals surface area contributed by atoms with Crippen LogP contribution in [-0.4, -0.2) is 47.7 Å². The molecule has 2 rings (SSSR count).